The second-order valence-corrected chi connectivity index (χ2v) is 6.67. The summed E-state index contributed by atoms with van der Waals surface area (Å²) in [4.78, 5) is 13.9. The van der Waals surface area contributed by atoms with Crippen LogP contribution >= 0.6 is 0 Å². The van der Waals surface area contributed by atoms with Crippen LogP contribution in [0.2, 0.25) is 0 Å². The van der Waals surface area contributed by atoms with Crippen molar-refractivity contribution in [3.05, 3.63) is 138 Å². The highest BCUT2D eigenvalue weighted by atomic mass is 16.1. The van der Waals surface area contributed by atoms with Gasteiger partial charge in [-0.15, -0.1) is 0 Å². The lowest BCUT2D eigenvalue weighted by Crippen LogP contribution is -2.35. The lowest BCUT2D eigenvalue weighted by Gasteiger charge is -2.28. The van der Waals surface area contributed by atoms with Crippen LogP contribution < -0.4 is 0 Å². The highest BCUT2D eigenvalue weighted by molar-refractivity contribution is 6.06. The predicted octanol–water partition coefficient (Wildman–Crippen LogP) is 6.60. The number of Topliss-reactive ketones (excluding diaryl/α,β-unsaturated/α-hetero) is 1. The van der Waals surface area contributed by atoms with E-state index in [1.165, 1.54) is 0 Å². The number of hydrogen-bond donors (Lipinski definition) is 0. The highest BCUT2D eigenvalue weighted by Gasteiger charge is 2.43. The molecule has 0 atom stereocenters. The van der Waals surface area contributed by atoms with Gasteiger partial charge in [0, 0.05) is 5.56 Å². The van der Waals surface area contributed by atoms with E-state index in [2.05, 4.69) is 5.11 Å². The van der Waals surface area contributed by atoms with Crippen molar-refractivity contribution in [2.24, 2.45) is 10.2 Å². The Balaban J connectivity index is 1.97. The summed E-state index contributed by atoms with van der Waals surface area (Å²) in [5.41, 5.74) is 1.57. The largest absolute Gasteiger partial charge is 0.291 e. The number of azo groups is 1. The van der Waals surface area contributed by atoms with E-state index in [0.717, 1.165) is 11.1 Å². The van der Waals surface area contributed by atoms with Gasteiger partial charge in [-0.1, -0.05) is 109 Å². The Bertz CT molecular complexity index is 1050. The van der Waals surface area contributed by atoms with Crippen LogP contribution in [0.4, 0.5) is 5.69 Å². The normalized spacial score (nSPS) is 11.4. The van der Waals surface area contributed by atoms with E-state index < -0.39 is 5.54 Å². The first-order chi connectivity index (χ1) is 14.3. The third-order valence-electron chi connectivity index (χ3n) is 4.82. The van der Waals surface area contributed by atoms with Gasteiger partial charge in [-0.25, -0.2) is 0 Å². The smallest absolute Gasteiger partial charge is 0.201 e. The first-order valence-corrected chi connectivity index (χ1v) is 9.49. The molecular formula is C26H20N2O. The van der Waals surface area contributed by atoms with Crippen molar-refractivity contribution in [2.75, 3.05) is 0 Å². The van der Waals surface area contributed by atoms with Gasteiger partial charge in [0.1, 0.15) is 0 Å². The van der Waals surface area contributed by atoms with Gasteiger partial charge in [-0.05, 0) is 23.3 Å². The first kappa shape index (κ1) is 18.5. The minimum atomic E-state index is -1.28. The molecule has 0 unspecified atom stereocenters. The van der Waals surface area contributed by atoms with Gasteiger partial charge < -0.3 is 0 Å². The molecule has 0 fully saturated rings. The minimum absolute atomic E-state index is 0.116. The van der Waals surface area contributed by atoms with Crippen LogP contribution in [0, 0.1) is 0 Å². The molecule has 4 rings (SSSR count). The third-order valence-corrected chi connectivity index (χ3v) is 4.82. The van der Waals surface area contributed by atoms with Crippen LogP contribution in [-0.4, -0.2) is 5.78 Å². The van der Waals surface area contributed by atoms with E-state index in [9.17, 15) is 4.79 Å². The van der Waals surface area contributed by atoms with Crippen molar-refractivity contribution in [3.63, 3.8) is 0 Å². The van der Waals surface area contributed by atoms with Crippen molar-refractivity contribution in [3.8, 4) is 0 Å². The van der Waals surface area contributed by atoms with Gasteiger partial charge in [0.05, 0.1) is 5.69 Å². The Hall–Kier alpha value is -3.85. The Morgan fingerprint density at radius 3 is 1.45 bits per heavy atom. The standard InChI is InChI=1S/C26H20N2O/c29-25(21-13-5-1-6-14-21)26(22-15-7-2-8-16-22,23-17-9-3-10-18-23)28-27-24-19-11-4-12-20-24/h1-20H. The molecule has 3 heteroatoms. The Labute approximate surface area is 170 Å². The summed E-state index contributed by atoms with van der Waals surface area (Å²) >= 11 is 0. The second kappa shape index (κ2) is 8.44. The lowest BCUT2D eigenvalue weighted by atomic mass is 9.77. The maximum absolute atomic E-state index is 13.9. The summed E-state index contributed by atoms with van der Waals surface area (Å²) in [5.74, 6) is -0.116. The molecule has 0 radical (unpaired) electrons. The molecule has 0 saturated heterocycles. The van der Waals surface area contributed by atoms with E-state index in [1.807, 2.05) is 121 Å². The molecule has 140 valence electrons. The summed E-state index contributed by atoms with van der Waals surface area (Å²) in [7, 11) is 0. The van der Waals surface area contributed by atoms with Crippen LogP contribution in [0.5, 0.6) is 0 Å². The maximum Gasteiger partial charge on any atom is 0.201 e. The van der Waals surface area contributed by atoms with Gasteiger partial charge in [-0.3, -0.25) is 4.79 Å². The zero-order valence-electron chi connectivity index (χ0n) is 15.8. The van der Waals surface area contributed by atoms with Crippen LogP contribution in [0.25, 0.3) is 0 Å². The molecule has 0 aliphatic heterocycles. The zero-order chi connectivity index (χ0) is 19.9. The van der Waals surface area contributed by atoms with E-state index in [-0.39, 0.29) is 5.78 Å². The highest BCUT2D eigenvalue weighted by Crippen LogP contribution is 2.38. The Morgan fingerprint density at radius 1 is 0.552 bits per heavy atom. The van der Waals surface area contributed by atoms with E-state index >= 15 is 0 Å². The molecule has 0 heterocycles. The molecule has 29 heavy (non-hydrogen) atoms. The molecule has 0 spiro atoms. The number of rotatable bonds is 6. The summed E-state index contributed by atoms with van der Waals surface area (Å²) in [6, 6.07) is 38.0. The number of carbonyl (C=O) groups excluding carboxylic acids is 1. The monoisotopic (exact) mass is 376 g/mol. The Kier molecular flexibility index (Phi) is 5.39. The van der Waals surface area contributed by atoms with Crippen molar-refractivity contribution >= 4 is 11.5 Å². The molecule has 0 bridgehead atoms. The van der Waals surface area contributed by atoms with Crippen molar-refractivity contribution in [2.45, 2.75) is 5.54 Å². The summed E-state index contributed by atoms with van der Waals surface area (Å²) in [5, 5.41) is 9.20. The summed E-state index contributed by atoms with van der Waals surface area (Å²) < 4.78 is 0. The average Bonchev–Trinajstić information content (AvgIpc) is 2.82. The van der Waals surface area contributed by atoms with Gasteiger partial charge in [0.25, 0.3) is 0 Å². The number of carbonyl (C=O) groups is 1. The number of hydrogen-bond acceptors (Lipinski definition) is 3. The number of ketones is 1. The predicted molar refractivity (Wildman–Crippen MR) is 115 cm³/mol. The topological polar surface area (TPSA) is 41.8 Å². The van der Waals surface area contributed by atoms with Crippen LogP contribution in [0.1, 0.15) is 21.5 Å². The molecule has 0 aliphatic carbocycles. The van der Waals surface area contributed by atoms with Crippen molar-refractivity contribution in [1.29, 1.82) is 0 Å². The molecule has 0 saturated carbocycles. The van der Waals surface area contributed by atoms with Crippen LogP contribution in [0.15, 0.2) is 132 Å². The van der Waals surface area contributed by atoms with Gasteiger partial charge >= 0.3 is 0 Å². The van der Waals surface area contributed by atoms with E-state index in [0.29, 0.717) is 11.3 Å². The molecule has 0 aromatic heterocycles. The maximum atomic E-state index is 13.9. The molecule has 0 amide bonds. The minimum Gasteiger partial charge on any atom is -0.291 e. The van der Waals surface area contributed by atoms with Crippen molar-refractivity contribution in [1.82, 2.24) is 0 Å². The molecule has 0 aliphatic rings. The molecular weight excluding hydrogens is 356 g/mol. The SMILES string of the molecule is O=C(c1ccccc1)C(N=Nc1ccccc1)(c1ccccc1)c1ccccc1. The molecule has 4 aromatic carbocycles. The fourth-order valence-corrected chi connectivity index (χ4v) is 3.37. The second-order valence-electron chi connectivity index (χ2n) is 6.67. The summed E-state index contributed by atoms with van der Waals surface area (Å²) in [6.45, 7) is 0. The fraction of sp³-hybridized carbons (Fsp3) is 0.0385. The first-order valence-electron chi connectivity index (χ1n) is 9.49. The Morgan fingerprint density at radius 2 is 0.966 bits per heavy atom. The average molecular weight is 376 g/mol. The number of benzene rings is 4. The fourth-order valence-electron chi connectivity index (χ4n) is 3.37. The van der Waals surface area contributed by atoms with Crippen molar-refractivity contribution < 1.29 is 4.79 Å². The zero-order valence-corrected chi connectivity index (χ0v) is 15.8. The molecule has 3 nitrogen and oxygen atoms in total. The van der Waals surface area contributed by atoms with Gasteiger partial charge in [-0.2, -0.15) is 10.2 Å². The van der Waals surface area contributed by atoms with Gasteiger partial charge in [0.2, 0.25) is 5.78 Å². The summed E-state index contributed by atoms with van der Waals surface area (Å²) in [6.07, 6.45) is 0. The number of nitrogens with zero attached hydrogens (tertiary/aromatic N) is 2. The quantitative estimate of drug-likeness (QED) is 0.276. The lowest BCUT2D eigenvalue weighted by molar-refractivity contribution is 0.0912. The molecule has 4 aromatic rings. The molecule has 0 N–H and O–H groups in total. The van der Waals surface area contributed by atoms with E-state index in [1.54, 1.807) is 0 Å². The van der Waals surface area contributed by atoms with Gasteiger partial charge in [0.15, 0.2) is 5.54 Å². The third kappa shape index (κ3) is 3.76. The van der Waals surface area contributed by atoms with Crippen LogP contribution in [0.3, 0.4) is 0 Å². The van der Waals surface area contributed by atoms with Crippen LogP contribution in [-0.2, 0) is 5.54 Å². The van der Waals surface area contributed by atoms with E-state index in [4.69, 9.17) is 5.11 Å².